The fourth-order valence-corrected chi connectivity index (χ4v) is 5.96. The van der Waals surface area contributed by atoms with Gasteiger partial charge in [-0.05, 0) is 55.1 Å². The molecule has 8 heteroatoms. The minimum Gasteiger partial charge on any atom is -0.340 e. The maximum absolute atomic E-state index is 13.5. The van der Waals surface area contributed by atoms with Gasteiger partial charge in [-0.1, -0.05) is 28.1 Å². The van der Waals surface area contributed by atoms with Gasteiger partial charge >= 0.3 is 0 Å². The zero-order valence-corrected chi connectivity index (χ0v) is 21.3. The number of halogens is 1. The molecule has 33 heavy (non-hydrogen) atoms. The number of fused-ring (bicyclic) bond motifs is 1. The van der Waals surface area contributed by atoms with Gasteiger partial charge < -0.3 is 19.3 Å². The quantitative estimate of drug-likeness (QED) is 0.511. The topological polar surface area (TPSA) is 48.8 Å². The third-order valence-electron chi connectivity index (χ3n) is 6.94. The van der Waals surface area contributed by atoms with E-state index in [1.54, 1.807) is 11.3 Å². The molecule has 0 radical (unpaired) electrons. The van der Waals surface area contributed by atoms with Gasteiger partial charge in [-0.15, -0.1) is 11.3 Å². The van der Waals surface area contributed by atoms with Crippen LogP contribution in [0.2, 0.25) is 0 Å². The minimum atomic E-state index is 0.0375. The second-order valence-corrected chi connectivity index (χ2v) is 11.0. The molecule has 0 saturated carbocycles. The SMILES string of the molecule is CN1CCN(C(=O)C2CCN(C(=O)c3cc4sccc4n3Cc3ccc(Br)cc3)CC2)CC1. The van der Waals surface area contributed by atoms with Crippen LogP contribution < -0.4 is 0 Å². The lowest BCUT2D eigenvalue weighted by Crippen LogP contribution is -2.51. The van der Waals surface area contributed by atoms with Crippen LogP contribution in [0.5, 0.6) is 0 Å². The van der Waals surface area contributed by atoms with E-state index in [1.807, 2.05) is 28.0 Å². The van der Waals surface area contributed by atoms with E-state index in [1.165, 1.54) is 0 Å². The molecule has 2 aliphatic heterocycles. The number of hydrogen-bond donors (Lipinski definition) is 0. The average molecular weight is 530 g/mol. The second-order valence-electron chi connectivity index (χ2n) is 9.11. The number of piperazine rings is 1. The predicted octanol–water partition coefficient (Wildman–Crippen LogP) is 4.14. The number of piperidine rings is 1. The molecule has 0 unspecified atom stereocenters. The van der Waals surface area contributed by atoms with Crippen LogP contribution in [-0.4, -0.2) is 77.4 Å². The Morgan fingerprint density at radius 2 is 1.67 bits per heavy atom. The smallest absolute Gasteiger partial charge is 0.270 e. The Morgan fingerprint density at radius 3 is 2.36 bits per heavy atom. The highest BCUT2D eigenvalue weighted by molar-refractivity contribution is 9.10. The standard InChI is InChI=1S/C25H29BrN4O2S/c1-27-11-13-29(14-12-27)24(31)19-6-9-28(10-7-19)25(32)22-16-23-21(8-15-33-23)30(22)17-18-2-4-20(26)5-3-18/h2-5,8,15-16,19H,6-7,9-14,17H2,1H3. The number of amides is 2. The first-order valence-corrected chi connectivity index (χ1v) is 13.2. The zero-order chi connectivity index (χ0) is 22.9. The molecule has 2 amide bonds. The van der Waals surface area contributed by atoms with Crippen LogP contribution in [0.25, 0.3) is 10.2 Å². The van der Waals surface area contributed by atoms with Gasteiger partial charge in [0.2, 0.25) is 5.91 Å². The first-order valence-electron chi connectivity index (χ1n) is 11.6. The number of rotatable bonds is 4. The Hall–Kier alpha value is -2.16. The molecule has 0 atom stereocenters. The van der Waals surface area contributed by atoms with E-state index in [-0.39, 0.29) is 17.7 Å². The lowest BCUT2D eigenvalue weighted by Gasteiger charge is -2.37. The molecule has 0 aliphatic carbocycles. The van der Waals surface area contributed by atoms with E-state index in [0.717, 1.165) is 65.0 Å². The van der Waals surface area contributed by atoms with E-state index in [0.29, 0.717) is 19.6 Å². The number of benzene rings is 1. The molecule has 2 aromatic heterocycles. The largest absolute Gasteiger partial charge is 0.340 e. The molecule has 0 spiro atoms. The van der Waals surface area contributed by atoms with Gasteiger partial charge in [0.05, 0.1) is 10.2 Å². The van der Waals surface area contributed by atoms with Crippen molar-refractivity contribution in [2.24, 2.45) is 5.92 Å². The van der Waals surface area contributed by atoms with Crippen molar-refractivity contribution in [3.05, 3.63) is 57.5 Å². The van der Waals surface area contributed by atoms with Crippen LogP contribution in [0.4, 0.5) is 0 Å². The van der Waals surface area contributed by atoms with E-state index in [9.17, 15) is 9.59 Å². The van der Waals surface area contributed by atoms with Crippen molar-refractivity contribution in [3.63, 3.8) is 0 Å². The summed E-state index contributed by atoms with van der Waals surface area (Å²) < 4.78 is 4.32. The van der Waals surface area contributed by atoms with Crippen molar-refractivity contribution in [2.75, 3.05) is 46.3 Å². The second kappa shape index (κ2) is 9.60. The van der Waals surface area contributed by atoms with Crippen molar-refractivity contribution < 1.29 is 9.59 Å². The molecule has 4 heterocycles. The molecule has 6 nitrogen and oxygen atoms in total. The predicted molar refractivity (Wildman–Crippen MR) is 136 cm³/mol. The maximum Gasteiger partial charge on any atom is 0.270 e. The summed E-state index contributed by atoms with van der Waals surface area (Å²) in [5.41, 5.74) is 3.00. The van der Waals surface area contributed by atoms with Gasteiger partial charge in [0.15, 0.2) is 0 Å². The summed E-state index contributed by atoms with van der Waals surface area (Å²) in [7, 11) is 2.10. The number of likely N-dealkylation sites (N-methyl/N-ethyl adjacent to an activating group) is 1. The van der Waals surface area contributed by atoms with Crippen LogP contribution in [0.15, 0.2) is 46.3 Å². The monoisotopic (exact) mass is 528 g/mol. The molecule has 0 bridgehead atoms. The Bertz CT molecular complexity index is 1140. The molecular formula is C25H29BrN4O2S. The summed E-state index contributed by atoms with van der Waals surface area (Å²) in [5.74, 6) is 0.380. The first kappa shape index (κ1) is 22.6. The molecule has 5 rings (SSSR count). The molecule has 1 aromatic carbocycles. The molecule has 3 aromatic rings. The van der Waals surface area contributed by atoms with Crippen LogP contribution >= 0.6 is 27.3 Å². The van der Waals surface area contributed by atoms with E-state index in [4.69, 9.17) is 0 Å². The fraction of sp³-hybridized carbons (Fsp3) is 0.440. The average Bonchev–Trinajstić information content (AvgIpc) is 3.43. The van der Waals surface area contributed by atoms with Gasteiger partial charge in [0, 0.05) is 56.2 Å². The molecule has 2 saturated heterocycles. The molecule has 0 N–H and O–H groups in total. The third-order valence-corrected chi connectivity index (χ3v) is 8.32. The highest BCUT2D eigenvalue weighted by atomic mass is 79.9. The minimum absolute atomic E-state index is 0.0375. The van der Waals surface area contributed by atoms with Crippen LogP contribution in [-0.2, 0) is 11.3 Å². The van der Waals surface area contributed by atoms with E-state index < -0.39 is 0 Å². The van der Waals surface area contributed by atoms with Crippen molar-refractivity contribution in [2.45, 2.75) is 19.4 Å². The van der Waals surface area contributed by atoms with Crippen LogP contribution in [0, 0.1) is 5.92 Å². The van der Waals surface area contributed by atoms with Gasteiger partial charge in [0.1, 0.15) is 5.69 Å². The van der Waals surface area contributed by atoms with Crippen molar-refractivity contribution in [1.29, 1.82) is 0 Å². The lowest BCUT2D eigenvalue weighted by molar-refractivity contribution is -0.138. The Balaban J connectivity index is 1.28. The molecule has 174 valence electrons. The van der Waals surface area contributed by atoms with Gasteiger partial charge in [-0.3, -0.25) is 9.59 Å². The maximum atomic E-state index is 13.5. The summed E-state index contributed by atoms with van der Waals surface area (Å²) >= 11 is 5.16. The third kappa shape index (κ3) is 4.74. The normalized spacial score (nSPS) is 18.2. The van der Waals surface area contributed by atoms with Gasteiger partial charge in [-0.25, -0.2) is 0 Å². The zero-order valence-electron chi connectivity index (χ0n) is 18.9. The first-order chi connectivity index (χ1) is 16.0. The highest BCUT2D eigenvalue weighted by Crippen LogP contribution is 2.29. The summed E-state index contributed by atoms with van der Waals surface area (Å²) in [6.07, 6.45) is 1.50. The number of carbonyl (C=O) groups is 2. The van der Waals surface area contributed by atoms with Gasteiger partial charge in [0.25, 0.3) is 5.91 Å². The number of thiophene rings is 1. The van der Waals surface area contributed by atoms with Crippen LogP contribution in [0.3, 0.4) is 0 Å². The number of carbonyl (C=O) groups excluding carboxylic acids is 2. The molecular weight excluding hydrogens is 500 g/mol. The van der Waals surface area contributed by atoms with Crippen LogP contribution in [0.1, 0.15) is 28.9 Å². The van der Waals surface area contributed by atoms with Crippen molar-refractivity contribution in [3.8, 4) is 0 Å². The Labute approximate surface area is 206 Å². The molecule has 2 aliphatic rings. The Morgan fingerprint density at radius 1 is 0.970 bits per heavy atom. The van der Waals surface area contributed by atoms with Gasteiger partial charge in [-0.2, -0.15) is 0 Å². The summed E-state index contributed by atoms with van der Waals surface area (Å²) in [5, 5.41) is 2.08. The lowest BCUT2D eigenvalue weighted by atomic mass is 9.94. The van der Waals surface area contributed by atoms with Crippen molar-refractivity contribution in [1.82, 2.24) is 19.3 Å². The molecule has 2 fully saturated rings. The highest BCUT2D eigenvalue weighted by Gasteiger charge is 2.32. The number of aromatic nitrogens is 1. The fourth-order valence-electron chi connectivity index (χ4n) is 4.87. The van der Waals surface area contributed by atoms with Crippen molar-refractivity contribution >= 4 is 49.3 Å². The number of likely N-dealkylation sites (tertiary alicyclic amines) is 1. The summed E-state index contributed by atoms with van der Waals surface area (Å²) in [4.78, 5) is 32.7. The van der Waals surface area contributed by atoms with E-state index >= 15 is 0 Å². The Kier molecular flexibility index (Phi) is 6.58. The number of hydrogen-bond acceptors (Lipinski definition) is 4. The summed E-state index contributed by atoms with van der Waals surface area (Å²) in [6.45, 7) is 5.45. The van der Waals surface area contributed by atoms with E-state index in [2.05, 4.69) is 56.0 Å². The summed E-state index contributed by atoms with van der Waals surface area (Å²) in [6, 6.07) is 12.4. The number of nitrogens with zero attached hydrogens (tertiary/aromatic N) is 4.